The number of nitrogens with zero attached hydrogens (tertiary/aromatic N) is 3. The molecule has 1 atom stereocenters. The van der Waals surface area contributed by atoms with Gasteiger partial charge in [-0.15, -0.1) is 0 Å². The summed E-state index contributed by atoms with van der Waals surface area (Å²) in [6, 6.07) is 9.59. The molecule has 0 amide bonds. The Morgan fingerprint density at radius 2 is 2.10 bits per heavy atom. The summed E-state index contributed by atoms with van der Waals surface area (Å²) in [6.07, 6.45) is 3.46. The summed E-state index contributed by atoms with van der Waals surface area (Å²) in [5.41, 5.74) is 9.23. The molecule has 1 unspecified atom stereocenters. The van der Waals surface area contributed by atoms with Crippen molar-refractivity contribution in [3.05, 3.63) is 54.0 Å². The molecule has 0 aliphatic heterocycles. The number of hydrogen-bond donors (Lipinski definition) is 1. The van der Waals surface area contributed by atoms with Gasteiger partial charge < -0.3 is 10.5 Å². The van der Waals surface area contributed by atoms with Crippen LogP contribution in [0.4, 0.5) is 0 Å². The molecule has 5 heteroatoms. The molecule has 0 bridgehead atoms. The molecule has 2 heterocycles. The standard InChI is InChI=1S/C15H16N4O/c1-19-15(13(20-2)9-18-19)14(16)11-5-3-7-12-10(11)6-4-8-17-12/h3-9,14H,16H2,1-2H3. The van der Waals surface area contributed by atoms with Crippen LogP contribution in [-0.2, 0) is 7.05 Å². The van der Waals surface area contributed by atoms with Crippen LogP contribution < -0.4 is 10.5 Å². The van der Waals surface area contributed by atoms with Gasteiger partial charge in [0.05, 0.1) is 24.9 Å². The van der Waals surface area contributed by atoms with Crippen molar-refractivity contribution in [2.24, 2.45) is 12.8 Å². The number of aryl methyl sites for hydroxylation is 1. The topological polar surface area (TPSA) is 66.0 Å². The zero-order valence-corrected chi connectivity index (χ0v) is 11.4. The van der Waals surface area contributed by atoms with E-state index in [1.807, 2.05) is 37.4 Å². The first-order chi connectivity index (χ1) is 9.72. The predicted octanol–water partition coefficient (Wildman–Crippen LogP) is 2.02. The number of aromatic nitrogens is 3. The van der Waals surface area contributed by atoms with E-state index >= 15 is 0 Å². The zero-order valence-electron chi connectivity index (χ0n) is 11.4. The molecular formula is C15H16N4O. The van der Waals surface area contributed by atoms with Gasteiger partial charge in [0.1, 0.15) is 5.69 Å². The second-order valence-corrected chi connectivity index (χ2v) is 4.62. The third-order valence-corrected chi connectivity index (χ3v) is 3.48. The summed E-state index contributed by atoms with van der Waals surface area (Å²) >= 11 is 0. The molecule has 102 valence electrons. The first kappa shape index (κ1) is 12.6. The summed E-state index contributed by atoms with van der Waals surface area (Å²) in [5.74, 6) is 0.695. The first-order valence-electron chi connectivity index (χ1n) is 6.37. The van der Waals surface area contributed by atoms with Crippen LogP contribution in [0.15, 0.2) is 42.7 Å². The van der Waals surface area contributed by atoms with Gasteiger partial charge in [0.15, 0.2) is 5.75 Å². The van der Waals surface area contributed by atoms with Gasteiger partial charge in [-0.25, -0.2) is 0 Å². The number of ether oxygens (including phenoxy) is 1. The minimum absolute atomic E-state index is 0.314. The van der Waals surface area contributed by atoms with Gasteiger partial charge >= 0.3 is 0 Å². The number of pyridine rings is 1. The second-order valence-electron chi connectivity index (χ2n) is 4.62. The van der Waals surface area contributed by atoms with Gasteiger partial charge in [-0.05, 0) is 17.7 Å². The number of rotatable bonds is 3. The molecule has 5 nitrogen and oxygen atoms in total. The molecule has 0 saturated heterocycles. The Morgan fingerprint density at radius 3 is 2.90 bits per heavy atom. The molecule has 1 aromatic carbocycles. The maximum absolute atomic E-state index is 6.44. The maximum Gasteiger partial charge on any atom is 0.161 e. The Labute approximate surface area is 117 Å². The molecular weight excluding hydrogens is 252 g/mol. The summed E-state index contributed by atoms with van der Waals surface area (Å²) in [5, 5.41) is 5.26. The van der Waals surface area contributed by atoms with Crippen LogP contribution in [0, 0.1) is 0 Å². The number of nitrogens with two attached hydrogens (primary N) is 1. The van der Waals surface area contributed by atoms with Gasteiger partial charge in [0.25, 0.3) is 0 Å². The molecule has 3 rings (SSSR count). The van der Waals surface area contributed by atoms with E-state index in [9.17, 15) is 0 Å². The highest BCUT2D eigenvalue weighted by Crippen LogP contribution is 2.31. The summed E-state index contributed by atoms with van der Waals surface area (Å²) < 4.78 is 7.09. The second kappa shape index (κ2) is 4.94. The monoisotopic (exact) mass is 268 g/mol. The molecule has 2 aromatic heterocycles. The Kier molecular flexibility index (Phi) is 3.12. The Balaban J connectivity index is 2.17. The van der Waals surface area contributed by atoms with Crippen molar-refractivity contribution in [1.82, 2.24) is 14.8 Å². The summed E-state index contributed by atoms with van der Waals surface area (Å²) in [6.45, 7) is 0. The highest BCUT2D eigenvalue weighted by Gasteiger charge is 2.20. The van der Waals surface area contributed by atoms with Crippen LogP contribution in [0.3, 0.4) is 0 Å². The Bertz CT molecular complexity index is 745. The molecule has 0 radical (unpaired) electrons. The van der Waals surface area contributed by atoms with E-state index < -0.39 is 0 Å². The van der Waals surface area contributed by atoms with E-state index in [2.05, 4.69) is 10.1 Å². The summed E-state index contributed by atoms with van der Waals surface area (Å²) in [4.78, 5) is 4.36. The minimum atomic E-state index is -0.314. The van der Waals surface area contributed by atoms with Gasteiger partial charge in [-0.1, -0.05) is 18.2 Å². The quantitative estimate of drug-likeness (QED) is 0.789. The van der Waals surface area contributed by atoms with E-state index in [-0.39, 0.29) is 6.04 Å². The van der Waals surface area contributed by atoms with Crippen LogP contribution in [0.2, 0.25) is 0 Å². The smallest absolute Gasteiger partial charge is 0.161 e. The van der Waals surface area contributed by atoms with E-state index in [1.165, 1.54) is 0 Å². The van der Waals surface area contributed by atoms with Crippen molar-refractivity contribution in [2.45, 2.75) is 6.04 Å². The van der Waals surface area contributed by atoms with Gasteiger partial charge in [-0.3, -0.25) is 9.67 Å². The largest absolute Gasteiger partial charge is 0.493 e. The predicted molar refractivity (Wildman–Crippen MR) is 77.5 cm³/mol. The third-order valence-electron chi connectivity index (χ3n) is 3.48. The number of fused-ring (bicyclic) bond motifs is 1. The maximum atomic E-state index is 6.44. The Morgan fingerprint density at radius 1 is 1.25 bits per heavy atom. The molecule has 2 N–H and O–H groups in total. The van der Waals surface area contributed by atoms with Crippen molar-refractivity contribution < 1.29 is 4.74 Å². The minimum Gasteiger partial charge on any atom is -0.493 e. The molecule has 0 fully saturated rings. The van der Waals surface area contributed by atoms with Crippen molar-refractivity contribution in [2.75, 3.05) is 7.11 Å². The van der Waals surface area contributed by atoms with E-state index in [0.717, 1.165) is 22.2 Å². The van der Waals surface area contributed by atoms with Crippen molar-refractivity contribution in [3.8, 4) is 5.75 Å². The van der Waals surface area contributed by atoms with E-state index in [0.29, 0.717) is 5.75 Å². The lowest BCUT2D eigenvalue weighted by molar-refractivity contribution is 0.406. The molecule has 0 aliphatic carbocycles. The lowest BCUT2D eigenvalue weighted by Crippen LogP contribution is -2.17. The van der Waals surface area contributed by atoms with Crippen LogP contribution >= 0.6 is 0 Å². The first-order valence-corrected chi connectivity index (χ1v) is 6.37. The van der Waals surface area contributed by atoms with E-state index in [4.69, 9.17) is 10.5 Å². The average Bonchev–Trinajstić information content (AvgIpc) is 2.87. The van der Waals surface area contributed by atoms with E-state index in [1.54, 1.807) is 24.2 Å². The molecule has 0 spiro atoms. The normalized spacial score (nSPS) is 12.6. The van der Waals surface area contributed by atoms with Crippen molar-refractivity contribution in [1.29, 1.82) is 0 Å². The molecule has 3 aromatic rings. The average molecular weight is 268 g/mol. The lowest BCUT2D eigenvalue weighted by Gasteiger charge is -2.16. The van der Waals surface area contributed by atoms with Gasteiger partial charge in [0, 0.05) is 18.6 Å². The summed E-state index contributed by atoms with van der Waals surface area (Å²) in [7, 11) is 3.49. The zero-order chi connectivity index (χ0) is 14.1. The van der Waals surface area contributed by atoms with Gasteiger partial charge in [-0.2, -0.15) is 5.10 Å². The third kappa shape index (κ3) is 1.92. The fourth-order valence-electron chi connectivity index (χ4n) is 2.48. The number of hydrogen-bond acceptors (Lipinski definition) is 4. The van der Waals surface area contributed by atoms with Crippen molar-refractivity contribution >= 4 is 10.9 Å². The number of benzene rings is 1. The Hall–Kier alpha value is -2.40. The molecule has 0 saturated carbocycles. The highest BCUT2D eigenvalue weighted by atomic mass is 16.5. The SMILES string of the molecule is COc1cnn(C)c1C(N)c1cccc2ncccc12. The van der Waals surface area contributed by atoms with Crippen LogP contribution in [-0.4, -0.2) is 21.9 Å². The van der Waals surface area contributed by atoms with Crippen LogP contribution in [0.25, 0.3) is 10.9 Å². The fourth-order valence-corrected chi connectivity index (χ4v) is 2.48. The molecule has 0 aliphatic rings. The van der Waals surface area contributed by atoms with Gasteiger partial charge in [0.2, 0.25) is 0 Å². The highest BCUT2D eigenvalue weighted by molar-refractivity contribution is 5.83. The van der Waals surface area contributed by atoms with Crippen molar-refractivity contribution in [3.63, 3.8) is 0 Å². The van der Waals surface area contributed by atoms with Crippen LogP contribution in [0.5, 0.6) is 5.75 Å². The lowest BCUT2D eigenvalue weighted by atomic mass is 9.99. The van der Waals surface area contributed by atoms with Crippen LogP contribution in [0.1, 0.15) is 17.3 Å². The molecule has 20 heavy (non-hydrogen) atoms. The fraction of sp³-hybridized carbons (Fsp3) is 0.200. The number of methoxy groups -OCH3 is 1.